The lowest BCUT2D eigenvalue weighted by Crippen LogP contribution is -1.97. The Kier molecular flexibility index (Phi) is 3.52. The van der Waals surface area contributed by atoms with Gasteiger partial charge in [0.05, 0.1) is 0 Å². The maximum Gasteiger partial charge on any atom is 0.238 e. The number of hydrogen-bond acceptors (Lipinski definition) is 4. The Hall–Kier alpha value is -2.14. The Labute approximate surface area is 125 Å². The molecule has 0 saturated heterocycles. The van der Waals surface area contributed by atoms with Gasteiger partial charge in [0.1, 0.15) is 22.4 Å². The molecule has 0 spiro atoms. The standard InChI is InChI=1S/C15H12BrN3O/c1-17-14-13(16)15(19-9-18-14)20-12-8-4-6-10-5-2-3-7-11(10)12/h2-9H,1H3,(H,17,18,19). The van der Waals surface area contributed by atoms with E-state index in [1.165, 1.54) is 6.33 Å². The van der Waals surface area contributed by atoms with Gasteiger partial charge in [0.25, 0.3) is 0 Å². The van der Waals surface area contributed by atoms with Crippen molar-refractivity contribution in [2.45, 2.75) is 0 Å². The first-order chi connectivity index (χ1) is 9.79. The molecule has 5 heteroatoms. The lowest BCUT2D eigenvalue weighted by atomic mass is 10.1. The van der Waals surface area contributed by atoms with Crippen LogP contribution in [0.1, 0.15) is 0 Å². The topological polar surface area (TPSA) is 47.0 Å². The van der Waals surface area contributed by atoms with E-state index in [0.717, 1.165) is 16.5 Å². The van der Waals surface area contributed by atoms with Crippen molar-refractivity contribution in [1.82, 2.24) is 9.97 Å². The molecule has 1 aromatic heterocycles. The largest absolute Gasteiger partial charge is 0.437 e. The van der Waals surface area contributed by atoms with Crippen molar-refractivity contribution < 1.29 is 4.74 Å². The summed E-state index contributed by atoms with van der Waals surface area (Å²) < 4.78 is 6.63. The van der Waals surface area contributed by atoms with E-state index in [1.54, 1.807) is 7.05 Å². The van der Waals surface area contributed by atoms with E-state index in [1.807, 2.05) is 30.3 Å². The monoisotopic (exact) mass is 329 g/mol. The second-order valence-corrected chi connectivity index (χ2v) is 4.96. The summed E-state index contributed by atoms with van der Waals surface area (Å²) in [6.45, 7) is 0. The molecule has 0 radical (unpaired) electrons. The number of hydrogen-bond donors (Lipinski definition) is 1. The summed E-state index contributed by atoms with van der Waals surface area (Å²) in [7, 11) is 1.80. The zero-order valence-corrected chi connectivity index (χ0v) is 12.4. The van der Waals surface area contributed by atoms with Crippen molar-refractivity contribution in [2.75, 3.05) is 12.4 Å². The van der Waals surface area contributed by atoms with Crippen molar-refractivity contribution in [1.29, 1.82) is 0 Å². The molecule has 1 heterocycles. The van der Waals surface area contributed by atoms with E-state index in [0.29, 0.717) is 16.2 Å². The molecule has 0 amide bonds. The van der Waals surface area contributed by atoms with Gasteiger partial charge in [-0.05, 0) is 27.4 Å². The molecule has 3 rings (SSSR count). The van der Waals surface area contributed by atoms with Gasteiger partial charge in [-0.2, -0.15) is 0 Å². The molecule has 4 nitrogen and oxygen atoms in total. The molecule has 20 heavy (non-hydrogen) atoms. The molecule has 0 unspecified atom stereocenters. The van der Waals surface area contributed by atoms with Crippen molar-refractivity contribution in [3.05, 3.63) is 53.3 Å². The van der Waals surface area contributed by atoms with Gasteiger partial charge in [0.2, 0.25) is 5.88 Å². The third-order valence-electron chi connectivity index (χ3n) is 2.95. The molecule has 1 N–H and O–H groups in total. The Bertz CT molecular complexity index is 756. The van der Waals surface area contributed by atoms with Crippen LogP contribution in [0.5, 0.6) is 11.6 Å². The SMILES string of the molecule is CNc1ncnc(Oc2cccc3ccccc23)c1Br. The van der Waals surface area contributed by atoms with Gasteiger partial charge >= 0.3 is 0 Å². The van der Waals surface area contributed by atoms with E-state index in [-0.39, 0.29) is 0 Å². The van der Waals surface area contributed by atoms with Gasteiger partial charge in [-0.15, -0.1) is 0 Å². The zero-order chi connectivity index (χ0) is 13.9. The van der Waals surface area contributed by atoms with Crippen LogP contribution in [0.4, 0.5) is 5.82 Å². The summed E-state index contributed by atoms with van der Waals surface area (Å²) >= 11 is 3.45. The van der Waals surface area contributed by atoms with Crippen LogP contribution in [-0.4, -0.2) is 17.0 Å². The third kappa shape index (κ3) is 2.32. The molecular weight excluding hydrogens is 318 g/mol. The van der Waals surface area contributed by atoms with Gasteiger partial charge in [-0.1, -0.05) is 36.4 Å². The Morgan fingerprint density at radius 2 is 1.85 bits per heavy atom. The number of ether oxygens (including phenoxy) is 1. The minimum absolute atomic E-state index is 0.487. The molecule has 3 aromatic rings. The molecule has 0 fully saturated rings. The number of benzene rings is 2. The summed E-state index contributed by atoms with van der Waals surface area (Å²) in [6, 6.07) is 14.0. The van der Waals surface area contributed by atoms with E-state index in [2.05, 4.69) is 43.3 Å². The lowest BCUT2D eigenvalue weighted by Gasteiger charge is -2.10. The van der Waals surface area contributed by atoms with Crippen molar-refractivity contribution in [3.63, 3.8) is 0 Å². The Morgan fingerprint density at radius 1 is 1.05 bits per heavy atom. The fourth-order valence-corrected chi connectivity index (χ4v) is 2.47. The number of rotatable bonds is 3. The number of anilines is 1. The number of aromatic nitrogens is 2. The highest BCUT2D eigenvalue weighted by molar-refractivity contribution is 9.10. The van der Waals surface area contributed by atoms with Crippen LogP contribution in [0.25, 0.3) is 10.8 Å². The Balaban J connectivity index is 2.06. The van der Waals surface area contributed by atoms with Crippen molar-refractivity contribution >= 4 is 32.5 Å². The summed E-state index contributed by atoms with van der Waals surface area (Å²) in [4.78, 5) is 8.28. The van der Waals surface area contributed by atoms with Crippen LogP contribution in [0.15, 0.2) is 53.3 Å². The first kappa shape index (κ1) is 12.9. The van der Waals surface area contributed by atoms with Gasteiger partial charge in [-0.25, -0.2) is 9.97 Å². The number of fused-ring (bicyclic) bond motifs is 1. The molecule has 0 atom stereocenters. The highest BCUT2D eigenvalue weighted by Crippen LogP contribution is 2.34. The minimum Gasteiger partial charge on any atom is -0.437 e. The van der Waals surface area contributed by atoms with Gasteiger partial charge in [0, 0.05) is 12.4 Å². The molecule has 100 valence electrons. The van der Waals surface area contributed by atoms with Crippen molar-refractivity contribution in [3.8, 4) is 11.6 Å². The molecular formula is C15H12BrN3O. The van der Waals surface area contributed by atoms with Crippen LogP contribution in [0, 0.1) is 0 Å². The summed E-state index contributed by atoms with van der Waals surface area (Å²) in [5.41, 5.74) is 0. The van der Waals surface area contributed by atoms with Crippen LogP contribution >= 0.6 is 15.9 Å². The fourth-order valence-electron chi connectivity index (χ4n) is 1.99. The maximum atomic E-state index is 5.93. The van der Waals surface area contributed by atoms with Gasteiger partial charge < -0.3 is 10.1 Å². The fraction of sp³-hybridized carbons (Fsp3) is 0.0667. The van der Waals surface area contributed by atoms with Crippen molar-refractivity contribution in [2.24, 2.45) is 0 Å². The van der Waals surface area contributed by atoms with E-state index in [4.69, 9.17) is 4.74 Å². The molecule has 2 aromatic carbocycles. The average Bonchev–Trinajstić information content (AvgIpc) is 2.50. The smallest absolute Gasteiger partial charge is 0.238 e. The van der Waals surface area contributed by atoms with E-state index >= 15 is 0 Å². The third-order valence-corrected chi connectivity index (χ3v) is 3.67. The highest BCUT2D eigenvalue weighted by Gasteiger charge is 2.11. The number of nitrogens with one attached hydrogen (secondary N) is 1. The number of halogens is 1. The quantitative estimate of drug-likeness (QED) is 0.781. The van der Waals surface area contributed by atoms with E-state index in [9.17, 15) is 0 Å². The molecule has 0 aliphatic heterocycles. The molecule has 0 aliphatic carbocycles. The van der Waals surface area contributed by atoms with Crippen LogP contribution in [-0.2, 0) is 0 Å². The normalized spacial score (nSPS) is 10.5. The van der Waals surface area contributed by atoms with Crippen LogP contribution in [0.3, 0.4) is 0 Å². The predicted molar refractivity (Wildman–Crippen MR) is 83.3 cm³/mol. The van der Waals surface area contributed by atoms with Gasteiger partial charge in [0.15, 0.2) is 0 Å². The zero-order valence-electron chi connectivity index (χ0n) is 10.8. The molecule has 0 saturated carbocycles. The van der Waals surface area contributed by atoms with E-state index < -0.39 is 0 Å². The Morgan fingerprint density at radius 3 is 2.70 bits per heavy atom. The summed E-state index contributed by atoms with van der Waals surface area (Å²) in [5.74, 6) is 1.94. The summed E-state index contributed by atoms with van der Waals surface area (Å²) in [5, 5.41) is 5.16. The first-order valence-electron chi connectivity index (χ1n) is 6.13. The molecule has 0 aliphatic rings. The second-order valence-electron chi connectivity index (χ2n) is 4.17. The average molecular weight is 330 g/mol. The van der Waals surface area contributed by atoms with Gasteiger partial charge in [-0.3, -0.25) is 0 Å². The minimum atomic E-state index is 0.487. The second kappa shape index (κ2) is 5.46. The predicted octanol–water partition coefficient (Wildman–Crippen LogP) is 4.23. The van der Waals surface area contributed by atoms with Crippen LogP contribution in [0.2, 0.25) is 0 Å². The highest BCUT2D eigenvalue weighted by atomic mass is 79.9. The lowest BCUT2D eigenvalue weighted by molar-refractivity contribution is 0.463. The maximum absolute atomic E-state index is 5.93. The number of nitrogens with zero attached hydrogens (tertiary/aromatic N) is 2. The summed E-state index contributed by atoms with van der Waals surface area (Å²) in [6.07, 6.45) is 1.47. The van der Waals surface area contributed by atoms with Crippen LogP contribution < -0.4 is 10.1 Å². The molecule has 0 bridgehead atoms. The first-order valence-corrected chi connectivity index (χ1v) is 6.93.